The first-order valence-electron chi connectivity index (χ1n) is 4.98. The molecule has 0 radical (unpaired) electrons. The first kappa shape index (κ1) is 11.6. The molecule has 90 valence electrons. The van der Waals surface area contributed by atoms with Gasteiger partial charge in [-0.2, -0.15) is 10.4 Å². The van der Waals surface area contributed by atoms with E-state index in [9.17, 15) is 4.79 Å². The number of aromatic carboxylic acids is 1. The van der Waals surface area contributed by atoms with Crippen molar-refractivity contribution in [2.75, 3.05) is 5.32 Å². The summed E-state index contributed by atoms with van der Waals surface area (Å²) in [6.45, 7) is 0.223. The third kappa shape index (κ3) is 2.44. The Morgan fingerprint density at radius 2 is 2.33 bits per heavy atom. The van der Waals surface area contributed by atoms with E-state index in [-0.39, 0.29) is 12.3 Å². The lowest BCUT2D eigenvalue weighted by Crippen LogP contribution is -2.03. The standard InChI is InChI=1S/C11H8N4O3/c12-5-7-3-4-14-15-10(7)13-6-8-1-2-9(18-8)11(16)17/h1-4H,6H2,(H,13,15)(H,16,17). The van der Waals surface area contributed by atoms with Crippen molar-refractivity contribution in [1.82, 2.24) is 10.2 Å². The van der Waals surface area contributed by atoms with Crippen LogP contribution in [0.3, 0.4) is 0 Å². The number of nitrogens with one attached hydrogen (secondary N) is 1. The van der Waals surface area contributed by atoms with Gasteiger partial charge in [-0.05, 0) is 18.2 Å². The lowest BCUT2D eigenvalue weighted by molar-refractivity contribution is 0.0660. The number of furan rings is 1. The normalized spacial score (nSPS) is 9.72. The van der Waals surface area contributed by atoms with Gasteiger partial charge in [0.25, 0.3) is 0 Å². The smallest absolute Gasteiger partial charge is 0.371 e. The molecule has 0 saturated carbocycles. The minimum absolute atomic E-state index is 0.133. The Bertz CT molecular complexity index is 615. The Balaban J connectivity index is 2.07. The number of nitriles is 1. The van der Waals surface area contributed by atoms with Crippen LogP contribution in [0.15, 0.2) is 28.8 Å². The number of aromatic nitrogens is 2. The number of hydrogen-bond acceptors (Lipinski definition) is 6. The van der Waals surface area contributed by atoms with Gasteiger partial charge < -0.3 is 14.8 Å². The second-order valence-electron chi connectivity index (χ2n) is 3.33. The van der Waals surface area contributed by atoms with Gasteiger partial charge in [0.2, 0.25) is 5.76 Å². The van der Waals surface area contributed by atoms with Crippen LogP contribution in [0.25, 0.3) is 0 Å². The highest BCUT2D eigenvalue weighted by Crippen LogP contribution is 2.12. The van der Waals surface area contributed by atoms with Gasteiger partial charge in [-0.15, -0.1) is 5.10 Å². The van der Waals surface area contributed by atoms with E-state index in [0.29, 0.717) is 17.1 Å². The van der Waals surface area contributed by atoms with Gasteiger partial charge in [-0.3, -0.25) is 0 Å². The molecular formula is C11H8N4O3. The molecule has 0 spiro atoms. The van der Waals surface area contributed by atoms with Crippen molar-refractivity contribution in [2.45, 2.75) is 6.54 Å². The van der Waals surface area contributed by atoms with Crippen molar-refractivity contribution in [3.05, 3.63) is 41.5 Å². The van der Waals surface area contributed by atoms with E-state index in [4.69, 9.17) is 14.8 Å². The maximum atomic E-state index is 10.6. The molecule has 0 bridgehead atoms. The molecule has 7 nitrogen and oxygen atoms in total. The molecule has 2 heterocycles. The first-order chi connectivity index (χ1) is 8.70. The Hall–Kier alpha value is -2.88. The van der Waals surface area contributed by atoms with E-state index in [1.54, 1.807) is 6.07 Å². The molecule has 0 unspecified atom stereocenters. The summed E-state index contributed by atoms with van der Waals surface area (Å²) in [4.78, 5) is 10.6. The summed E-state index contributed by atoms with van der Waals surface area (Å²) in [5.74, 6) is -0.500. The van der Waals surface area contributed by atoms with Gasteiger partial charge in [0.05, 0.1) is 18.3 Å². The van der Waals surface area contributed by atoms with E-state index in [1.807, 2.05) is 6.07 Å². The van der Waals surface area contributed by atoms with Crippen molar-refractivity contribution in [3.63, 3.8) is 0 Å². The molecule has 0 aliphatic carbocycles. The van der Waals surface area contributed by atoms with E-state index in [1.165, 1.54) is 18.3 Å². The van der Waals surface area contributed by atoms with Crippen LogP contribution in [0, 0.1) is 11.3 Å². The predicted octanol–water partition coefficient (Wildman–Crippen LogP) is 1.25. The predicted molar refractivity (Wildman–Crippen MR) is 59.7 cm³/mol. The summed E-state index contributed by atoms with van der Waals surface area (Å²) >= 11 is 0. The van der Waals surface area contributed by atoms with Gasteiger partial charge in [-0.25, -0.2) is 4.79 Å². The van der Waals surface area contributed by atoms with Crippen molar-refractivity contribution in [3.8, 4) is 6.07 Å². The maximum Gasteiger partial charge on any atom is 0.371 e. The topological polar surface area (TPSA) is 112 Å². The summed E-state index contributed by atoms with van der Waals surface area (Å²) in [6, 6.07) is 6.40. The number of carboxylic acid groups (broad SMARTS) is 1. The third-order valence-electron chi connectivity index (χ3n) is 2.14. The molecule has 18 heavy (non-hydrogen) atoms. The average molecular weight is 244 g/mol. The Morgan fingerprint density at radius 1 is 1.50 bits per heavy atom. The van der Waals surface area contributed by atoms with Crippen LogP contribution in [-0.4, -0.2) is 21.3 Å². The number of carboxylic acids is 1. The summed E-state index contributed by atoms with van der Waals surface area (Å²) < 4.78 is 5.05. The molecule has 0 atom stereocenters. The van der Waals surface area contributed by atoms with Gasteiger partial charge in [0.15, 0.2) is 5.82 Å². The van der Waals surface area contributed by atoms with E-state index in [2.05, 4.69) is 15.5 Å². The number of nitrogens with zero attached hydrogens (tertiary/aromatic N) is 3. The zero-order chi connectivity index (χ0) is 13.0. The molecule has 2 aromatic rings. The zero-order valence-electron chi connectivity index (χ0n) is 9.12. The third-order valence-corrected chi connectivity index (χ3v) is 2.14. The average Bonchev–Trinajstić information content (AvgIpc) is 2.85. The maximum absolute atomic E-state index is 10.6. The Labute approximate surface area is 102 Å². The highest BCUT2D eigenvalue weighted by Gasteiger charge is 2.09. The van der Waals surface area contributed by atoms with E-state index >= 15 is 0 Å². The van der Waals surface area contributed by atoms with Crippen molar-refractivity contribution >= 4 is 11.8 Å². The van der Waals surface area contributed by atoms with Gasteiger partial charge >= 0.3 is 5.97 Å². The second kappa shape index (κ2) is 4.97. The molecule has 0 aliphatic rings. The lowest BCUT2D eigenvalue weighted by Gasteiger charge is -2.03. The van der Waals surface area contributed by atoms with Crippen molar-refractivity contribution in [1.29, 1.82) is 5.26 Å². The number of carbonyl (C=O) groups is 1. The van der Waals surface area contributed by atoms with Crippen LogP contribution in [-0.2, 0) is 6.54 Å². The molecule has 0 aromatic carbocycles. The summed E-state index contributed by atoms with van der Waals surface area (Å²) in [7, 11) is 0. The first-order valence-corrected chi connectivity index (χ1v) is 4.98. The fourth-order valence-electron chi connectivity index (χ4n) is 1.31. The number of rotatable bonds is 4. The summed E-state index contributed by atoms with van der Waals surface area (Å²) in [6.07, 6.45) is 1.42. The van der Waals surface area contributed by atoms with Crippen LogP contribution in [0.4, 0.5) is 5.82 Å². The monoisotopic (exact) mass is 244 g/mol. The second-order valence-corrected chi connectivity index (χ2v) is 3.33. The van der Waals surface area contributed by atoms with Crippen LogP contribution >= 0.6 is 0 Å². The lowest BCUT2D eigenvalue weighted by atomic mass is 10.3. The van der Waals surface area contributed by atoms with Gasteiger partial charge in [0, 0.05) is 0 Å². The van der Waals surface area contributed by atoms with Crippen LogP contribution in [0.2, 0.25) is 0 Å². The number of hydrogen-bond donors (Lipinski definition) is 2. The van der Waals surface area contributed by atoms with Crippen LogP contribution in [0.1, 0.15) is 21.9 Å². The molecule has 0 fully saturated rings. The molecule has 0 saturated heterocycles. The highest BCUT2D eigenvalue weighted by molar-refractivity contribution is 5.84. The summed E-state index contributed by atoms with van der Waals surface area (Å²) in [5, 5.41) is 27.8. The molecular weight excluding hydrogens is 236 g/mol. The molecule has 0 amide bonds. The molecule has 0 aliphatic heterocycles. The van der Waals surface area contributed by atoms with Crippen molar-refractivity contribution < 1.29 is 14.3 Å². The van der Waals surface area contributed by atoms with Crippen LogP contribution < -0.4 is 5.32 Å². The number of anilines is 1. The highest BCUT2D eigenvalue weighted by atomic mass is 16.4. The SMILES string of the molecule is N#Cc1ccnnc1NCc1ccc(C(=O)O)o1. The van der Waals surface area contributed by atoms with E-state index < -0.39 is 5.97 Å². The summed E-state index contributed by atoms with van der Waals surface area (Å²) in [5.41, 5.74) is 0.356. The van der Waals surface area contributed by atoms with Crippen LogP contribution in [0.5, 0.6) is 0 Å². The Morgan fingerprint density at radius 3 is 3.00 bits per heavy atom. The minimum atomic E-state index is -1.13. The largest absolute Gasteiger partial charge is 0.475 e. The minimum Gasteiger partial charge on any atom is -0.475 e. The fraction of sp³-hybridized carbons (Fsp3) is 0.0909. The fourth-order valence-corrected chi connectivity index (χ4v) is 1.31. The molecule has 7 heteroatoms. The quantitative estimate of drug-likeness (QED) is 0.832. The van der Waals surface area contributed by atoms with Gasteiger partial charge in [0.1, 0.15) is 11.8 Å². The molecule has 2 N–H and O–H groups in total. The van der Waals surface area contributed by atoms with Gasteiger partial charge in [-0.1, -0.05) is 0 Å². The van der Waals surface area contributed by atoms with E-state index in [0.717, 1.165) is 0 Å². The Kier molecular flexibility index (Phi) is 3.20. The van der Waals surface area contributed by atoms with Crippen molar-refractivity contribution in [2.24, 2.45) is 0 Å². The molecule has 2 rings (SSSR count). The zero-order valence-corrected chi connectivity index (χ0v) is 9.12. The molecule has 2 aromatic heterocycles.